The maximum Gasteiger partial charge on any atom is 0.342 e. The molecule has 0 radical (unpaired) electrons. The highest BCUT2D eigenvalue weighted by Crippen LogP contribution is 2.25. The van der Waals surface area contributed by atoms with Crippen LogP contribution in [0.2, 0.25) is 0 Å². The van der Waals surface area contributed by atoms with Crippen LogP contribution in [-0.2, 0) is 9.53 Å². The number of carbonyl (C=O) groups is 3. The van der Waals surface area contributed by atoms with Gasteiger partial charge in [0, 0.05) is 25.3 Å². The van der Waals surface area contributed by atoms with Gasteiger partial charge in [-0.15, -0.1) is 0 Å². The molecule has 0 saturated heterocycles. The van der Waals surface area contributed by atoms with Crippen LogP contribution in [0.1, 0.15) is 20.7 Å². The Kier molecular flexibility index (Phi) is 7.01. The molecule has 0 heterocycles. The maximum absolute atomic E-state index is 12.5. The van der Waals surface area contributed by atoms with Crippen molar-refractivity contribution in [2.24, 2.45) is 0 Å². The first-order chi connectivity index (χ1) is 14.9. The van der Waals surface area contributed by atoms with Gasteiger partial charge in [-0.1, -0.05) is 30.3 Å². The molecule has 0 bridgehead atoms. The zero-order valence-corrected chi connectivity index (χ0v) is 17.2. The maximum atomic E-state index is 12.5. The van der Waals surface area contributed by atoms with E-state index in [0.29, 0.717) is 22.7 Å². The molecule has 31 heavy (non-hydrogen) atoms. The third kappa shape index (κ3) is 5.93. The molecule has 0 aliphatic heterocycles. The lowest BCUT2D eigenvalue weighted by molar-refractivity contribution is -0.119. The van der Waals surface area contributed by atoms with Gasteiger partial charge in [0.05, 0.1) is 0 Å². The van der Waals surface area contributed by atoms with E-state index < -0.39 is 18.5 Å². The lowest BCUT2D eigenvalue weighted by Crippen LogP contribution is -2.22. The Hall–Kier alpha value is -4.13. The molecule has 3 aromatic rings. The van der Waals surface area contributed by atoms with Gasteiger partial charge in [-0.25, -0.2) is 4.79 Å². The summed E-state index contributed by atoms with van der Waals surface area (Å²) in [7, 11) is 3.32. The van der Waals surface area contributed by atoms with E-state index in [1.165, 1.54) is 4.90 Å². The predicted octanol–water partition coefficient (Wildman–Crippen LogP) is 3.98. The van der Waals surface area contributed by atoms with Crippen LogP contribution in [-0.4, -0.2) is 43.4 Å². The number of hydrogen-bond donors (Lipinski definition) is 1. The molecule has 0 fully saturated rings. The molecule has 0 aromatic heterocycles. The highest BCUT2D eigenvalue weighted by Gasteiger charge is 2.16. The number of rotatable bonds is 7. The fourth-order valence-electron chi connectivity index (χ4n) is 2.70. The molecular formula is C24H22N2O5. The Labute approximate surface area is 180 Å². The number of anilines is 1. The molecule has 0 saturated carbocycles. The number of ether oxygens (including phenoxy) is 2. The van der Waals surface area contributed by atoms with Crippen molar-refractivity contribution >= 4 is 23.5 Å². The summed E-state index contributed by atoms with van der Waals surface area (Å²) in [6, 6.07) is 22.1. The van der Waals surface area contributed by atoms with E-state index in [1.54, 1.807) is 74.8 Å². The van der Waals surface area contributed by atoms with Gasteiger partial charge in [-0.05, 0) is 48.5 Å². The number of esters is 1. The van der Waals surface area contributed by atoms with Crippen molar-refractivity contribution in [2.75, 3.05) is 26.0 Å². The zero-order chi connectivity index (χ0) is 22.2. The summed E-state index contributed by atoms with van der Waals surface area (Å²) < 4.78 is 10.9. The van der Waals surface area contributed by atoms with E-state index >= 15 is 0 Å². The van der Waals surface area contributed by atoms with Gasteiger partial charge in [-0.3, -0.25) is 9.59 Å². The molecule has 3 rings (SSSR count). The van der Waals surface area contributed by atoms with E-state index in [9.17, 15) is 14.4 Å². The van der Waals surface area contributed by atoms with Crippen molar-refractivity contribution in [3.63, 3.8) is 0 Å². The van der Waals surface area contributed by atoms with Gasteiger partial charge < -0.3 is 19.7 Å². The second kappa shape index (κ2) is 10.1. The summed E-state index contributed by atoms with van der Waals surface area (Å²) in [5, 5.41) is 2.63. The molecule has 0 unspecified atom stereocenters. The molecule has 1 N–H and O–H groups in total. The molecule has 0 aliphatic rings. The van der Waals surface area contributed by atoms with Crippen LogP contribution in [0.15, 0.2) is 78.9 Å². The van der Waals surface area contributed by atoms with Crippen molar-refractivity contribution in [1.29, 1.82) is 0 Å². The van der Waals surface area contributed by atoms with Gasteiger partial charge in [0.2, 0.25) is 0 Å². The first kappa shape index (κ1) is 21.6. The quantitative estimate of drug-likeness (QED) is 0.587. The molecule has 3 aromatic carbocycles. The standard InChI is InChI=1S/C24H22N2O5/c1-26(2)23(28)17-12-14-18(15-13-17)25-22(27)16-30-24(29)20-10-6-7-11-21(20)31-19-8-4-3-5-9-19/h3-15H,16H2,1-2H3,(H,25,27). The van der Waals surface area contributed by atoms with Crippen molar-refractivity contribution in [1.82, 2.24) is 4.90 Å². The van der Waals surface area contributed by atoms with Crippen molar-refractivity contribution in [2.45, 2.75) is 0 Å². The molecule has 7 heteroatoms. The van der Waals surface area contributed by atoms with Crippen molar-refractivity contribution < 1.29 is 23.9 Å². The molecule has 0 spiro atoms. The minimum atomic E-state index is -0.673. The summed E-state index contributed by atoms with van der Waals surface area (Å²) in [6.07, 6.45) is 0. The average molecular weight is 418 g/mol. The number of nitrogens with zero attached hydrogens (tertiary/aromatic N) is 1. The van der Waals surface area contributed by atoms with Crippen LogP contribution in [0.3, 0.4) is 0 Å². The molecule has 0 aliphatic carbocycles. The third-order valence-electron chi connectivity index (χ3n) is 4.23. The first-order valence-corrected chi connectivity index (χ1v) is 9.54. The topological polar surface area (TPSA) is 84.9 Å². The molecule has 158 valence electrons. The van der Waals surface area contributed by atoms with Gasteiger partial charge in [0.15, 0.2) is 6.61 Å². The Morgan fingerprint density at radius 2 is 1.48 bits per heavy atom. The number of benzene rings is 3. The third-order valence-corrected chi connectivity index (χ3v) is 4.23. The molecule has 2 amide bonds. The molecule has 7 nitrogen and oxygen atoms in total. The van der Waals surface area contributed by atoms with Crippen LogP contribution < -0.4 is 10.1 Å². The fraction of sp³-hybridized carbons (Fsp3) is 0.125. The van der Waals surface area contributed by atoms with Crippen LogP contribution >= 0.6 is 0 Å². The summed E-state index contributed by atoms with van der Waals surface area (Å²) in [5.41, 5.74) is 1.21. The highest BCUT2D eigenvalue weighted by molar-refractivity contribution is 5.98. The van der Waals surface area contributed by atoms with Gasteiger partial charge in [0.1, 0.15) is 17.1 Å². The number of nitrogens with one attached hydrogen (secondary N) is 1. The second-order valence-corrected chi connectivity index (χ2v) is 6.81. The Bertz CT molecular complexity index is 1060. The Balaban J connectivity index is 1.57. The average Bonchev–Trinajstić information content (AvgIpc) is 2.78. The summed E-state index contributed by atoms with van der Waals surface area (Å²) >= 11 is 0. The molecular weight excluding hydrogens is 396 g/mol. The first-order valence-electron chi connectivity index (χ1n) is 9.54. The van der Waals surface area contributed by atoms with Crippen LogP contribution in [0.5, 0.6) is 11.5 Å². The lowest BCUT2D eigenvalue weighted by atomic mass is 10.2. The van der Waals surface area contributed by atoms with E-state index in [1.807, 2.05) is 18.2 Å². The monoisotopic (exact) mass is 418 g/mol. The Morgan fingerprint density at radius 3 is 2.16 bits per heavy atom. The van der Waals surface area contributed by atoms with Crippen molar-refractivity contribution in [3.8, 4) is 11.5 Å². The summed E-state index contributed by atoms with van der Waals surface area (Å²) in [5.74, 6) is -0.393. The van der Waals surface area contributed by atoms with Gasteiger partial charge >= 0.3 is 5.97 Å². The summed E-state index contributed by atoms with van der Waals surface area (Å²) in [6.45, 7) is -0.461. The number of amides is 2. The van der Waals surface area contributed by atoms with E-state index in [2.05, 4.69) is 5.32 Å². The normalized spacial score (nSPS) is 10.1. The van der Waals surface area contributed by atoms with Crippen LogP contribution in [0.25, 0.3) is 0 Å². The van der Waals surface area contributed by atoms with E-state index in [4.69, 9.17) is 9.47 Å². The highest BCUT2D eigenvalue weighted by atomic mass is 16.5. The zero-order valence-electron chi connectivity index (χ0n) is 17.2. The van der Waals surface area contributed by atoms with Crippen LogP contribution in [0, 0.1) is 0 Å². The van der Waals surface area contributed by atoms with Crippen LogP contribution in [0.4, 0.5) is 5.69 Å². The molecule has 0 atom stereocenters. The smallest absolute Gasteiger partial charge is 0.342 e. The lowest BCUT2D eigenvalue weighted by Gasteiger charge is -2.12. The van der Waals surface area contributed by atoms with Gasteiger partial charge in [-0.2, -0.15) is 0 Å². The van der Waals surface area contributed by atoms with Crippen molar-refractivity contribution in [3.05, 3.63) is 90.0 Å². The number of carbonyl (C=O) groups excluding carboxylic acids is 3. The Morgan fingerprint density at radius 1 is 0.839 bits per heavy atom. The second-order valence-electron chi connectivity index (χ2n) is 6.81. The van der Waals surface area contributed by atoms with E-state index in [-0.39, 0.29) is 11.5 Å². The minimum Gasteiger partial charge on any atom is -0.456 e. The summed E-state index contributed by atoms with van der Waals surface area (Å²) in [4.78, 5) is 38.0. The SMILES string of the molecule is CN(C)C(=O)c1ccc(NC(=O)COC(=O)c2ccccc2Oc2ccccc2)cc1. The largest absolute Gasteiger partial charge is 0.456 e. The van der Waals surface area contributed by atoms with Gasteiger partial charge in [0.25, 0.3) is 11.8 Å². The predicted molar refractivity (Wildman–Crippen MR) is 116 cm³/mol. The number of para-hydroxylation sites is 2. The minimum absolute atomic E-state index is 0.136. The number of hydrogen-bond acceptors (Lipinski definition) is 5. The fourth-order valence-corrected chi connectivity index (χ4v) is 2.70. The van der Waals surface area contributed by atoms with E-state index in [0.717, 1.165) is 0 Å².